The smallest absolute Gasteiger partial charge is 0.259 e. The number of methoxy groups -OCH3 is 2. The van der Waals surface area contributed by atoms with E-state index in [1.165, 1.54) is 12.8 Å². The molecule has 4 aromatic rings. The molecular formula is C26H29N5O3. The first-order chi connectivity index (χ1) is 16.5. The van der Waals surface area contributed by atoms with Gasteiger partial charge in [-0.15, -0.1) is 10.2 Å². The highest BCUT2D eigenvalue weighted by atomic mass is 16.5. The van der Waals surface area contributed by atoms with Gasteiger partial charge in [-0.3, -0.25) is 4.79 Å². The molecule has 1 heterocycles. The fourth-order valence-corrected chi connectivity index (χ4v) is 3.88. The Morgan fingerprint density at radius 3 is 2.24 bits per heavy atom. The lowest BCUT2D eigenvalue weighted by molar-refractivity contribution is 0.102. The molecule has 0 aliphatic rings. The highest BCUT2D eigenvalue weighted by Gasteiger charge is 2.16. The number of nitrogens with zero attached hydrogens (tertiary/aromatic N) is 4. The topological polar surface area (TPSA) is 81.5 Å². The van der Waals surface area contributed by atoms with Gasteiger partial charge in [-0.25, -0.2) is 0 Å². The average molecular weight is 460 g/mol. The fraction of sp³-hybridized carbons (Fsp3) is 0.269. The fourth-order valence-electron chi connectivity index (χ4n) is 3.88. The lowest BCUT2D eigenvalue weighted by Crippen LogP contribution is -2.21. The maximum absolute atomic E-state index is 13.0. The number of carbonyl (C=O) groups excluding carboxylic acids is 1. The van der Waals surface area contributed by atoms with Crippen molar-refractivity contribution in [3.8, 4) is 17.2 Å². The number of rotatable bonds is 8. The van der Waals surface area contributed by atoms with E-state index in [4.69, 9.17) is 9.47 Å². The van der Waals surface area contributed by atoms with Crippen LogP contribution in [0.4, 0.5) is 11.4 Å². The number of aryl methyl sites for hydroxylation is 1. The molecule has 0 spiro atoms. The normalized spacial score (nSPS) is 10.9. The van der Waals surface area contributed by atoms with E-state index in [1.807, 2.05) is 31.2 Å². The lowest BCUT2D eigenvalue weighted by atomic mass is 10.1. The largest absolute Gasteiger partial charge is 0.497 e. The molecule has 0 unspecified atom stereocenters. The van der Waals surface area contributed by atoms with Crippen LogP contribution in [0.3, 0.4) is 0 Å². The molecule has 1 amide bonds. The molecule has 0 saturated carbocycles. The number of carbonyl (C=O) groups is 1. The van der Waals surface area contributed by atoms with Gasteiger partial charge < -0.3 is 19.7 Å². The minimum Gasteiger partial charge on any atom is -0.497 e. The molecule has 0 aliphatic heterocycles. The molecule has 8 heteroatoms. The summed E-state index contributed by atoms with van der Waals surface area (Å²) in [6.45, 7) is 8.12. The van der Waals surface area contributed by atoms with Crippen LogP contribution in [-0.4, -0.2) is 48.2 Å². The summed E-state index contributed by atoms with van der Waals surface area (Å²) in [6, 6.07) is 17.0. The summed E-state index contributed by atoms with van der Waals surface area (Å²) >= 11 is 0. The highest BCUT2D eigenvalue weighted by Crippen LogP contribution is 2.27. The van der Waals surface area contributed by atoms with Gasteiger partial charge in [0.1, 0.15) is 22.5 Å². The van der Waals surface area contributed by atoms with Crippen molar-refractivity contribution in [1.82, 2.24) is 15.0 Å². The summed E-state index contributed by atoms with van der Waals surface area (Å²) in [5.41, 5.74) is 5.45. The van der Waals surface area contributed by atoms with Gasteiger partial charge in [0.25, 0.3) is 5.91 Å². The number of benzene rings is 3. The summed E-state index contributed by atoms with van der Waals surface area (Å²) < 4.78 is 10.6. The minimum absolute atomic E-state index is 0.277. The molecule has 0 bridgehead atoms. The van der Waals surface area contributed by atoms with Crippen molar-refractivity contribution in [3.63, 3.8) is 0 Å². The second kappa shape index (κ2) is 9.82. The van der Waals surface area contributed by atoms with Gasteiger partial charge in [0.15, 0.2) is 0 Å². The number of anilines is 2. The molecule has 0 aliphatic carbocycles. The minimum atomic E-state index is -0.277. The van der Waals surface area contributed by atoms with Crippen molar-refractivity contribution in [3.05, 3.63) is 65.7 Å². The summed E-state index contributed by atoms with van der Waals surface area (Å²) in [5.74, 6) is 0.781. The van der Waals surface area contributed by atoms with Crippen molar-refractivity contribution in [1.29, 1.82) is 0 Å². The number of fused-ring (bicyclic) bond motifs is 1. The van der Waals surface area contributed by atoms with E-state index < -0.39 is 0 Å². The number of hydrogen-bond donors (Lipinski definition) is 1. The van der Waals surface area contributed by atoms with E-state index in [1.54, 1.807) is 30.1 Å². The summed E-state index contributed by atoms with van der Waals surface area (Å²) in [6.07, 6.45) is 0. The van der Waals surface area contributed by atoms with Gasteiger partial charge >= 0.3 is 0 Å². The Morgan fingerprint density at radius 1 is 0.941 bits per heavy atom. The first kappa shape index (κ1) is 23.1. The van der Waals surface area contributed by atoms with E-state index in [0.29, 0.717) is 28.3 Å². The van der Waals surface area contributed by atoms with Gasteiger partial charge in [-0.2, -0.15) is 4.80 Å². The van der Waals surface area contributed by atoms with Gasteiger partial charge in [-0.05, 0) is 74.9 Å². The Morgan fingerprint density at radius 2 is 1.62 bits per heavy atom. The summed E-state index contributed by atoms with van der Waals surface area (Å²) in [5, 5.41) is 12.2. The van der Waals surface area contributed by atoms with Crippen molar-refractivity contribution >= 4 is 28.3 Å². The van der Waals surface area contributed by atoms with E-state index in [0.717, 1.165) is 29.9 Å². The summed E-state index contributed by atoms with van der Waals surface area (Å²) in [7, 11) is 3.09. The SMILES string of the molecule is CCN(CC)c1ccc(-n2nc3cc(C)c(NC(=O)c4ccc(OC)cc4OC)cc3n2)cc1. The van der Waals surface area contributed by atoms with Crippen LogP contribution in [-0.2, 0) is 0 Å². The molecule has 176 valence electrons. The molecule has 3 aromatic carbocycles. The van der Waals surface area contributed by atoms with Crippen LogP contribution in [0.5, 0.6) is 11.5 Å². The van der Waals surface area contributed by atoms with E-state index in [2.05, 4.69) is 46.4 Å². The summed E-state index contributed by atoms with van der Waals surface area (Å²) in [4.78, 5) is 16.9. The molecule has 4 rings (SSSR count). The maximum Gasteiger partial charge on any atom is 0.259 e. The average Bonchev–Trinajstić information content (AvgIpc) is 3.27. The first-order valence-corrected chi connectivity index (χ1v) is 11.2. The third-order valence-corrected chi connectivity index (χ3v) is 5.84. The van der Waals surface area contributed by atoms with Crippen LogP contribution in [0.2, 0.25) is 0 Å². The van der Waals surface area contributed by atoms with Crippen molar-refractivity contribution in [2.45, 2.75) is 20.8 Å². The third kappa shape index (κ3) is 4.52. The van der Waals surface area contributed by atoms with Crippen molar-refractivity contribution in [2.24, 2.45) is 0 Å². The second-order valence-corrected chi connectivity index (χ2v) is 7.85. The van der Waals surface area contributed by atoms with Crippen molar-refractivity contribution < 1.29 is 14.3 Å². The van der Waals surface area contributed by atoms with E-state index in [-0.39, 0.29) is 5.91 Å². The monoisotopic (exact) mass is 459 g/mol. The van der Waals surface area contributed by atoms with Gasteiger partial charge in [0.2, 0.25) is 0 Å². The van der Waals surface area contributed by atoms with Gasteiger partial charge in [0, 0.05) is 30.5 Å². The third-order valence-electron chi connectivity index (χ3n) is 5.84. The van der Waals surface area contributed by atoms with Crippen LogP contribution in [0.25, 0.3) is 16.7 Å². The first-order valence-electron chi connectivity index (χ1n) is 11.2. The van der Waals surface area contributed by atoms with Crippen LogP contribution in [0.15, 0.2) is 54.6 Å². The molecule has 1 N–H and O–H groups in total. The Bertz CT molecular complexity index is 1310. The molecular weight excluding hydrogens is 430 g/mol. The second-order valence-electron chi connectivity index (χ2n) is 7.85. The molecule has 0 saturated heterocycles. The zero-order chi connectivity index (χ0) is 24.2. The Balaban J connectivity index is 1.60. The zero-order valence-electron chi connectivity index (χ0n) is 20.1. The number of aromatic nitrogens is 3. The zero-order valence-corrected chi connectivity index (χ0v) is 20.1. The Hall–Kier alpha value is -4.07. The molecule has 0 fully saturated rings. The van der Waals surface area contributed by atoms with Crippen LogP contribution in [0, 0.1) is 6.92 Å². The maximum atomic E-state index is 13.0. The number of hydrogen-bond acceptors (Lipinski definition) is 6. The van der Waals surface area contributed by atoms with Crippen LogP contribution >= 0.6 is 0 Å². The lowest BCUT2D eigenvalue weighted by Gasteiger charge is -2.20. The number of nitrogens with one attached hydrogen (secondary N) is 1. The van der Waals surface area contributed by atoms with Crippen molar-refractivity contribution in [2.75, 3.05) is 37.5 Å². The Labute approximate surface area is 199 Å². The molecule has 1 aromatic heterocycles. The van der Waals surface area contributed by atoms with Crippen LogP contribution in [0.1, 0.15) is 29.8 Å². The van der Waals surface area contributed by atoms with E-state index in [9.17, 15) is 4.79 Å². The molecule has 0 atom stereocenters. The van der Waals surface area contributed by atoms with Crippen LogP contribution < -0.4 is 19.7 Å². The highest BCUT2D eigenvalue weighted by molar-refractivity contribution is 6.07. The molecule has 34 heavy (non-hydrogen) atoms. The standard InChI is InChI=1S/C26H29N5O3/c1-6-30(7-2)18-8-10-19(11-9-18)31-28-23-14-17(3)22(16-24(23)29-31)27-26(32)21-13-12-20(33-4)15-25(21)34-5/h8-16H,6-7H2,1-5H3,(H,27,32). The van der Waals surface area contributed by atoms with Gasteiger partial charge in [-0.1, -0.05) is 0 Å². The Kier molecular flexibility index (Phi) is 6.67. The predicted molar refractivity (Wildman–Crippen MR) is 135 cm³/mol. The molecule has 8 nitrogen and oxygen atoms in total. The number of ether oxygens (including phenoxy) is 2. The van der Waals surface area contributed by atoms with E-state index >= 15 is 0 Å². The predicted octanol–water partition coefficient (Wildman–Crippen LogP) is 4.84. The quantitative estimate of drug-likeness (QED) is 0.406. The van der Waals surface area contributed by atoms with Gasteiger partial charge in [0.05, 0.1) is 25.5 Å². The number of amides is 1. The molecule has 0 radical (unpaired) electrons.